The molecule has 3 aromatic rings. The highest BCUT2D eigenvalue weighted by Crippen LogP contribution is 2.39. The number of aromatic nitrogens is 2. The van der Waals surface area contributed by atoms with Crippen molar-refractivity contribution in [3.05, 3.63) is 64.8 Å². The summed E-state index contributed by atoms with van der Waals surface area (Å²) in [7, 11) is 0. The average Bonchev–Trinajstić information content (AvgIpc) is 3.21. The minimum absolute atomic E-state index is 0.420. The maximum Gasteiger partial charge on any atom is 0.161 e. The van der Waals surface area contributed by atoms with Gasteiger partial charge >= 0.3 is 0 Å². The van der Waals surface area contributed by atoms with Crippen molar-refractivity contribution in [2.24, 2.45) is 0 Å². The minimum atomic E-state index is -0.420. The number of piperazine rings is 1. The van der Waals surface area contributed by atoms with E-state index in [1.165, 1.54) is 16.8 Å². The molecule has 1 aromatic heterocycles. The lowest BCUT2D eigenvalue weighted by Crippen LogP contribution is -2.49. The fraction of sp³-hybridized carbons (Fsp3) is 0.360. The molecule has 5 rings (SSSR count). The molecule has 0 radical (unpaired) electrons. The van der Waals surface area contributed by atoms with Gasteiger partial charge in [0.1, 0.15) is 12.4 Å². The smallest absolute Gasteiger partial charge is 0.161 e. The van der Waals surface area contributed by atoms with Crippen LogP contribution in [0.2, 0.25) is 0 Å². The standard InChI is InChI=1S/C25H28N4O2/c1-17-5-7-23-21(12-17)25-20(16-31-23)14-26-29(25)24(15-30)28-10-8-27(9-11-28)22-13-18(2)4-6-19(22)3/h4-7,12-15,24H,8-11,16H2,1-3H3. The highest BCUT2D eigenvalue weighted by Gasteiger charge is 2.31. The van der Waals surface area contributed by atoms with E-state index >= 15 is 0 Å². The molecule has 160 valence electrons. The third kappa shape index (κ3) is 3.51. The van der Waals surface area contributed by atoms with Gasteiger partial charge in [0.2, 0.25) is 0 Å². The third-order valence-corrected chi connectivity index (χ3v) is 6.41. The van der Waals surface area contributed by atoms with Gasteiger partial charge in [-0.2, -0.15) is 5.10 Å². The van der Waals surface area contributed by atoms with Gasteiger partial charge in [0.25, 0.3) is 0 Å². The Labute approximate surface area is 183 Å². The van der Waals surface area contributed by atoms with E-state index in [0.29, 0.717) is 6.61 Å². The second-order valence-corrected chi connectivity index (χ2v) is 8.61. The lowest BCUT2D eigenvalue weighted by Gasteiger charge is -2.39. The van der Waals surface area contributed by atoms with Crippen LogP contribution in [-0.2, 0) is 11.4 Å². The molecule has 1 fully saturated rings. The first-order chi connectivity index (χ1) is 15.0. The second-order valence-electron chi connectivity index (χ2n) is 8.61. The molecule has 6 heteroatoms. The molecule has 2 aliphatic rings. The largest absolute Gasteiger partial charge is 0.488 e. The number of hydrogen-bond acceptors (Lipinski definition) is 5. The normalized spacial score (nSPS) is 16.9. The molecule has 6 nitrogen and oxygen atoms in total. The molecule has 2 aromatic carbocycles. The zero-order valence-electron chi connectivity index (χ0n) is 18.3. The van der Waals surface area contributed by atoms with Crippen LogP contribution in [0.15, 0.2) is 42.6 Å². The monoisotopic (exact) mass is 416 g/mol. The molecule has 1 atom stereocenters. The lowest BCUT2D eigenvalue weighted by atomic mass is 10.0. The van der Waals surface area contributed by atoms with Crippen molar-refractivity contribution in [3.8, 4) is 17.0 Å². The van der Waals surface area contributed by atoms with Crippen molar-refractivity contribution < 1.29 is 9.53 Å². The molecule has 0 aliphatic carbocycles. The lowest BCUT2D eigenvalue weighted by molar-refractivity contribution is -0.115. The number of aryl methyl sites for hydroxylation is 3. The fourth-order valence-corrected chi connectivity index (χ4v) is 4.70. The molecule has 0 spiro atoms. The Morgan fingerprint density at radius 3 is 2.52 bits per heavy atom. The zero-order valence-corrected chi connectivity index (χ0v) is 18.3. The second kappa shape index (κ2) is 7.85. The molecule has 0 bridgehead atoms. The molecule has 0 amide bonds. The summed E-state index contributed by atoms with van der Waals surface area (Å²) in [5.41, 5.74) is 8.05. The first kappa shape index (κ1) is 19.8. The molecule has 1 saturated heterocycles. The van der Waals surface area contributed by atoms with Crippen LogP contribution in [0.25, 0.3) is 11.3 Å². The van der Waals surface area contributed by atoms with E-state index in [2.05, 4.69) is 59.9 Å². The predicted molar refractivity (Wildman–Crippen MR) is 122 cm³/mol. The first-order valence-corrected chi connectivity index (χ1v) is 10.9. The fourth-order valence-electron chi connectivity index (χ4n) is 4.70. The summed E-state index contributed by atoms with van der Waals surface area (Å²) in [5.74, 6) is 0.851. The maximum atomic E-state index is 12.3. The van der Waals surface area contributed by atoms with Gasteiger partial charge in [-0.1, -0.05) is 23.8 Å². The number of hydrogen-bond donors (Lipinski definition) is 0. The molecule has 31 heavy (non-hydrogen) atoms. The number of fused-ring (bicyclic) bond motifs is 3. The van der Waals surface area contributed by atoms with E-state index in [9.17, 15) is 4.79 Å². The van der Waals surface area contributed by atoms with Gasteiger partial charge in [0.05, 0.1) is 11.9 Å². The van der Waals surface area contributed by atoms with E-state index < -0.39 is 6.17 Å². The molecule has 2 aliphatic heterocycles. The number of rotatable bonds is 4. The van der Waals surface area contributed by atoms with Crippen molar-refractivity contribution in [2.75, 3.05) is 31.1 Å². The number of nitrogens with zero attached hydrogens (tertiary/aromatic N) is 4. The van der Waals surface area contributed by atoms with Gasteiger partial charge < -0.3 is 9.64 Å². The Hall–Kier alpha value is -3.12. The van der Waals surface area contributed by atoms with Crippen molar-refractivity contribution in [2.45, 2.75) is 33.5 Å². The Morgan fingerprint density at radius 1 is 1.00 bits per heavy atom. The summed E-state index contributed by atoms with van der Waals surface area (Å²) in [5, 5.41) is 4.63. The van der Waals surface area contributed by atoms with Crippen LogP contribution in [0, 0.1) is 20.8 Å². The third-order valence-electron chi connectivity index (χ3n) is 6.41. The van der Waals surface area contributed by atoms with Crippen LogP contribution in [0.4, 0.5) is 5.69 Å². The Balaban J connectivity index is 1.41. The average molecular weight is 417 g/mol. The maximum absolute atomic E-state index is 12.3. The number of ether oxygens (including phenoxy) is 1. The number of anilines is 1. The summed E-state index contributed by atoms with van der Waals surface area (Å²) < 4.78 is 7.78. The van der Waals surface area contributed by atoms with E-state index in [0.717, 1.165) is 60.6 Å². The van der Waals surface area contributed by atoms with E-state index in [-0.39, 0.29) is 0 Å². The first-order valence-electron chi connectivity index (χ1n) is 10.9. The van der Waals surface area contributed by atoms with Crippen LogP contribution in [0.1, 0.15) is 28.4 Å². The molecule has 3 heterocycles. The zero-order chi connectivity index (χ0) is 21.5. The van der Waals surface area contributed by atoms with Crippen LogP contribution < -0.4 is 9.64 Å². The van der Waals surface area contributed by atoms with Gasteiger partial charge in [-0.25, -0.2) is 4.68 Å². The molecular formula is C25H28N4O2. The summed E-state index contributed by atoms with van der Waals surface area (Å²) in [6, 6.07) is 12.8. The van der Waals surface area contributed by atoms with E-state index in [4.69, 9.17) is 4.74 Å². The highest BCUT2D eigenvalue weighted by atomic mass is 16.5. The number of benzene rings is 2. The predicted octanol–water partition coefficient (Wildman–Crippen LogP) is 3.89. The highest BCUT2D eigenvalue weighted by molar-refractivity contribution is 5.74. The number of aldehydes is 1. The minimum Gasteiger partial charge on any atom is -0.488 e. The quantitative estimate of drug-likeness (QED) is 0.604. The van der Waals surface area contributed by atoms with Crippen molar-refractivity contribution in [1.82, 2.24) is 14.7 Å². The molecular weight excluding hydrogens is 388 g/mol. The Kier molecular flexibility index (Phi) is 5.02. The number of carbonyl (C=O) groups is 1. The summed E-state index contributed by atoms with van der Waals surface area (Å²) in [6.45, 7) is 10.2. The van der Waals surface area contributed by atoms with Crippen molar-refractivity contribution >= 4 is 12.0 Å². The Bertz CT molecular complexity index is 1130. The summed E-state index contributed by atoms with van der Waals surface area (Å²) >= 11 is 0. The van der Waals surface area contributed by atoms with Crippen LogP contribution in [0.5, 0.6) is 5.75 Å². The van der Waals surface area contributed by atoms with E-state index in [1.54, 1.807) is 0 Å². The SMILES string of the molecule is Cc1ccc2c(c1)-c1c(cnn1C(C=O)N1CCN(c3cc(C)ccc3C)CC1)CO2. The summed E-state index contributed by atoms with van der Waals surface area (Å²) in [4.78, 5) is 16.9. The van der Waals surface area contributed by atoms with Gasteiger partial charge in [-0.05, 0) is 50.1 Å². The van der Waals surface area contributed by atoms with Crippen molar-refractivity contribution in [3.63, 3.8) is 0 Å². The molecule has 1 unspecified atom stereocenters. The topological polar surface area (TPSA) is 50.6 Å². The van der Waals surface area contributed by atoms with Gasteiger partial charge in [-0.3, -0.25) is 9.69 Å². The summed E-state index contributed by atoms with van der Waals surface area (Å²) in [6.07, 6.45) is 2.44. The van der Waals surface area contributed by atoms with Gasteiger partial charge in [0.15, 0.2) is 12.5 Å². The van der Waals surface area contributed by atoms with Crippen LogP contribution in [-0.4, -0.2) is 47.1 Å². The molecule has 0 N–H and O–H groups in total. The van der Waals surface area contributed by atoms with Crippen LogP contribution in [0.3, 0.4) is 0 Å². The van der Waals surface area contributed by atoms with E-state index in [1.807, 2.05) is 23.0 Å². The van der Waals surface area contributed by atoms with Gasteiger partial charge in [-0.15, -0.1) is 0 Å². The Morgan fingerprint density at radius 2 is 1.74 bits per heavy atom. The van der Waals surface area contributed by atoms with Crippen LogP contribution >= 0.6 is 0 Å². The van der Waals surface area contributed by atoms with Gasteiger partial charge in [0, 0.05) is 43.0 Å². The van der Waals surface area contributed by atoms with Crippen molar-refractivity contribution in [1.29, 1.82) is 0 Å². The molecule has 0 saturated carbocycles. The number of carbonyl (C=O) groups excluding carboxylic acids is 1.